The Kier molecular flexibility index (Phi) is 6.76. The summed E-state index contributed by atoms with van der Waals surface area (Å²) >= 11 is 0. The van der Waals surface area contributed by atoms with Crippen LogP contribution in [0.1, 0.15) is 33.1 Å². The number of esters is 1. The first-order chi connectivity index (χ1) is 5.66. The van der Waals surface area contributed by atoms with Gasteiger partial charge in [-0.15, -0.1) is 0 Å². The standard InChI is InChI=1S/C9H18O3/c1-8(2)4-5-9(11)12-7-3-6-10/h8,10H,3-7H2,1-2H3. The molecule has 3 nitrogen and oxygen atoms in total. The van der Waals surface area contributed by atoms with Gasteiger partial charge in [0.25, 0.3) is 0 Å². The number of carbonyl (C=O) groups excluding carboxylic acids is 1. The van der Waals surface area contributed by atoms with Crippen LogP contribution in [0.2, 0.25) is 0 Å². The zero-order valence-corrected chi connectivity index (χ0v) is 7.88. The highest BCUT2D eigenvalue weighted by Gasteiger charge is 2.03. The van der Waals surface area contributed by atoms with Crippen LogP contribution in [0.25, 0.3) is 0 Å². The highest BCUT2D eigenvalue weighted by Crippen LogP contribution is 2.04. The predicted molar refractivity (Wildman–Crippen MR) is 46.7 cm³/mol. The minimum atomic E-state index is -0.155. The summed E-state index contributed by atoms with van der Waals surface area (Å²) in [5.74, 6) is 0.382. The summed E-state index contributed by atoms with van der Waals surface area (Å²) in [5.41, 5.74) is 0. The number of ether oxygens (including phenoxy) is 1. The summed E-state index contributed by atoms with van der Waals surface area (Å²) in [6.07, 6.45) is 1.90. The fourth-order valence-electron chi connectivity index (χ4n) is 0.729. The molecule has 0 radical (unpaired) electrons. The molecule has 0 heterocycles. The van der Waals surface area contributed by atoms with Crippen LogP contribution in [-0.2, 0) is 9.53 Å². The van der Waals surface area contributed by atoms with Crippen LogP contribution in [-0.4, -0.2) is 24.3 Å². The SMILES string of the molecule is CC(C)CCC(=O)OCCCO. The Labute approximate surface area is 73.7 Å². The lowest BCUT2D eigenvalue weighted by Crippen LogP contribution is -2.07. The number of aliphatic hydroxyl groups is 1. The van der Waals surface area contributed by atoms with Crippen molar-refractivity contribution in [1.82, 2.24) is 0 Å². The molecule has 72 valence electrons. The van der Waals surface area contributed by atoms with Gasteiger partial charge in [-0.05, 0) is 12.3 Å². The van der Waals surface area contributed by atoms with Crippen LogP contribution >= 0.6 is 0 Å². The maximum atomic E-state index is 10.9. The molecule has 0 spiro atoms. The van der Waals surface area contributed by atoms with E-state index >= 15 is 0 Å². The molecule has 0 saturated heterocycles. The molecule has 0 aliphatic heterocycles. The van der Waals surface area contributed by atoms with Crippen molar-refractivity contribution in [1.29, 1.82) is 0 Å². The van der Waals surface area contributed by atoms with Crippen molar-refractivity contribution in [2.24, 2.45) is 5.92 Å². The molecule has 0 atom stereocenters. The first-order valence-electron chi connectivity index (χ1n) is 4.43. The Hall–Kier alpha value is -0.570. The van der Waals surface area contributed by atoms with Gasteiger partial charge in [0.05, 0.1) is 6.61 Å². The van der Waals surface area contributed by atoms with Crippen molar-refractivity contribution < 1.29 is 14.6 Å². The molecule has 3 heteroatoms. The Bertz CT molecular complexity index is 121. The van der Waals surface area contributed by atoms with Gasteiger partial charge in [0.1, 0.15) is 0 Å². The average Bonchev–Trinajstić information content (AvgIpc) is 2.01. The van der Waals surface area contributed by atoms with Gasteiger partial charge in [0.15, 0.2) is 0 Å². The lowest BCUT2D eigenvalue weighted by Gasteiger charge is -2.04. The maximum absolute atomic E-state index is 10.9. The highest BCUT2D eigenvalue weighted by molar-refractivity contribution is 5.69. The Balaban J connectivity index is 3.22. The van der Waals surface area contributed by atoms with Crippen molar-refractivity contribution in [3.05, 3.63) is 0 Å². The molecule has 0 saturated carbocycles. The third-order valence-corrected chi connectivity index (χ3v) is 1.49. The number of hydrogen-bond donors (Lipinski definition) is 1. The van der Waals surface area contributed by atoms with E-state index in [1.165, 1.54) is 0 Å². The van der Waals surface area contributed by atoms with Gasteiger partial charge in [-0.3, -0.25) is 4.79 Å². The summed E-state index contributed by atoms with van der Waals surface area (Å²) in [6.45, 7) is 4.56. The van der Waals surface area contributed by atoms with E-state index in [0.717, 1.165) is 6.42 Å². The van der Waals surface area contributed by atoms with E-state index in [1.807, 2.05) is 0 Å². The largest absolute Gasteiger partial charge is 0.466 e. The lowest BCUT2D eigenvalue weighted by atomic mass is 10.1. The molecular weight excluding hydrogens is 156 g/mol. The number of aliphatic hydroxyl groups excluding tert-OH is 1. The third-order valence-electron chi connectivity index (χ3n) is 1.49. The van der Waals surface area contributed by atoms with Crippen LogP contribution in [0.4, 0.5) is 0 Å². The lowest BCUT2D eigenvalue weighted by molar-refractivity contribution is -0.144. The van der Waals surface area contributed by atoms with Gasteiger partial charge in [-0.1, -0.05) is 13.8 Å². The number of hydrogen-bond acceptors (Lipinski definition) is 3. The van der Waals surface area contributed by atoms with Gasteiger partial charge < -0.3 is 9.84 Å². The van der Waals surface area contributed by atoms with Gasteiger partial charge in [0.2, 0.25) is 0 Å². The summed E-state index contributed by atoms with van der Waals surface area (Å²) in [6, 6.07) is 0. The predicted octanol–water partition coefficient (Wildman–Crippen LogP) is 1.35. The van der Waals surface area contributed by atoms with Crippen LogP contribution in [0.5, 0.6) is 0 Å². The van der Waals surface area contributed by atoms with Crippen molar-refractivity contribution in [2.75, 3.05) is 13.2 Å². The second-order valence-electron chi connectivity index (χ2n) is 3.23. The second kappa shape index (κ2) is 7.10. The van der Waals surface area contributed by atoms with Gasteiger partial charge >= 0.3 is 5.97 Å². The summed E-state index contributed by atoms with van der Waals surface area (Å²) in [5, 5.41) is 8.41. The van der Waals surface area contributed by atoms with Crippen LogP contribution in [0.3, 0.4) is 0 Å². The van der Waals surface area contributed by atoms with E-state index in [1.54, 1.807) is 0 Å². The third kappa shape index (κ3) is 7.54. The van der Waals surface area contributed by atoms with E-state index < -0.39 is 0 Å². The molecule has 0 aliphatic rings. The smallest absolute Gasteiger partial charge is 0.305 e. The van der Waals surface area contributed by atoms with E-state index in [0.29, 0.717) is 25.4 Å². The first kappa shape index (κ1) is 11.4. The summed E-state index contributed by atoms with van der Waals surface area (Å²) in [4.78, 5) is 10.9. The van der Waals surface area contributed by atoms with Gasteiger partial charge in [0, 0.05) is 19.4 Å². The quantitative estimate of drug-likeness (QED) is 0.488. The van der Waals surface area contributed by atoms with E-state index in [4.69, 9.17) is 9.84 Å². The van der Waals surface area contributed by atoms with Crippen LogP contribution in [0.15, 0.2) is 0 Å². The molecule has 0 amide bonds. The van der Waals surface area contributed by atoms with Gasteiger partial charge in [-0.25, -0.2) is 0 Å². The monoisotopic (exact) mass is 174 g/mol. The van der Waals surface area contributed by atoms with Crippen LogP contribution < -0.4 is 0 Å². The Morgan fingerprint density at radius 2 is 2.17 bits per heavy atom. The van der Waals surface area contributed by atoms with Crippen molar-refractivity contribution >= 4 is 5.97 Å². The minimum Gasteiger partial charge on any atom is -0.466 e. The molecule has 0 bridgehead atoms. The molecule has 0 aromatic heterocycles. The highest BCUT2D eigenvalue weighted by atomic mass is 16.5. The molecule has 0 fully saturated rings. The fraction of sp³-hybridized carbons (Fsp3) is 0.889. The maximum Gasteiger partial charge on any atom is 0.305 e. The molecule has 1 N–H and O–H groups in total. The molecule has 0 aliphatic carbocycles. The number of carbonyl (C=O) groups is 1. The topological polar surface area (TPSA) is 46.5 Å². The minimum absolute atomic E-state index is 0.0808. The number of rotatable bonds is 6. The molecule has 0 unspecified atom stereocenters. The second-order valence-corrected chi connectivity index (χ2v) is 3.23. The Morgan fingerprint density at radius 3 is 2.67 bits per heavy atom. The summed E-state index contributed by atoms with van der Waals surface area (Å²) in [7, 11) is 0. The Morgan fingerprint density at radius 1 is 1.50 bits per heavy atom. The molecular formula is C9H18O3. The normalized spacial score (nSPS) is 10.3. The molecule has 0 aromatic rings. The zero-order chi connectivity index (χ0) is 9.40. The van der Waals surface area contributed by atoms with Gasteiger partial charge in [-0.2, -0.15) is 0 Å². The molecule has 0 rings (SSSR count). The van der Waals surface area contributed by atoms with Crippen molar-refractivity contribution in [3.63, 3.8) is 0 Å². The van der Waals surface area contributed by atoms with Crippen LogP contribution in [0, 0.1) is 5.92 Å². The average molecular weight is 174 g/mol. The fourth-order valence-corrected chi connectivity index (χ4v) is 0.729. The van der Waals surface area contributed by atoms with E-state index in [9.17, 15) is 4.79 Å². The van der Waals surface area contributed by atoms with E-state index in [-0.39, 0.29) is 12.6 Å². The van der Waals surface area contributed by atoms with Crippen molar-refractivity contribution in [2.45, 2.75) is 33.1 Å². The molecule has 0 aromatic carbocycles. The molecule has 12 heavy (non-hydrogen) atoms. The van der Waals surface area contributed by atoms with Crippen molar-refractivity contribution in [3.8, 4) is 0 Å². The van der Waals surface area contributed by atoms with E-state index in [2.05, 4.69) is 13.8 Å². The summed E-state index contributed by atoms with van der Waals surface area (Å²) < 4.78 is 4.83. The zero-order valence-electron chi connectivity index (χ0n) is 7.88. The first-order valence-corrected chi connectivity index (χ1v) is 4.43.